The molecular formula is C18H22F3N3O4S. The lowest BCUT2D eigenvalue weighted by atomic mass is 9.77. The number of anilines is 1. The normalized spacial score (nSPS) is 29.4. The van der Waals surface area contributed by atoms with Crippen molar-refractivity contribution in [3.8, 4) is 0 Å². The number of carbonyl (C=O) groups is 1. The predicted octanol–water partition coefficient (Wildman–Crippen LogP) is 0.641. The molecule has 1 saturated heterocycles. The van der Waals surface area contributed by atoms with E-state index in [1.54, 1.807) is 0 Å². The number of rotatable bonds is 5. The van der Waals surface area contributed by atoms with Gasteiger partial charge in [0.25, 0.3) is 0 Å². The van der Waals surface area contributed by atoms with Gasteiger partial charge in [0.2, 0.25) is 5.91 Å². The number of thiocarbonyl (C=S) groups is 1. The molecule has 0 unspecified atom stereocenters. The van der Waals surface area contributed by atoms with Crippen LogP contribution in [0.25, 0.3) is 0 Å². The summed E-state index contributed by atoms with van der Waals surface area (Å²) in [5, 5.41) is 26.2. The smallest absolute Gasteiger partial charge is 0.390 e. The number of halogens is 3. The SMILES string of the molecule is COCCNC(=O)[C@@H]1C[C@@H](O)[C@H](O)[C@@H]2NC(=S)N(c3cccc(C(F)(F)F)c3)[C@@H]21. The van der Waals surface area contributed by atoms with Gasteiger partial charge in [-0.3, -0.25) is 4.79 Å². The molecule has 1 aromatic rings. The molecule has 1 aliphatic heterocycles. The Morgan fingerprint density at radius 2 is 2.14 bits per heavy atom. The van der Waals surface area contributed by atoms with Crippen molar-refractivity contribution in [3.63, 3.8) is 0 Å². The third kappa shape index (κ3) is 4.32. The second-order valence-corrected chi connectivity index (χ2v) is 7.45. The summed E-state index contributed by atoms with van der Waals surface area (Å²) >= 11 is 5.30. The minimum absolute atomic E-state index is 0.0547. The molecule has 1 amide bonds. The van der Waals surface area contributed by atoms with Gasteiger partial charge < -0.3 is 30.5 Å². The Balaban J connectivity index is 1.95. The van der Waals surface area contributed by atoms with Crippen LogP contribution >= 0.6 is 12.2 Å². The van der Waals surface area contributed by atoms with Crippen LogP contribution in [0, 0.1) is 5.92 Å². The van der Waals surface area contributed by atoms with Crippen molar-refractivity contribution in [2.45, 2.75) is 36.9 Å². The van der Waals surface area contributed by atoms with Crippen LogP contribution in [0.5, 0.6) is 0 Å². The first-order valence-electron chi connectivity index (χ1n) is 9.05. The lowest BCUT2D eigenvalue weighted by Gasteiger charge is -2.41. The van der Waals surface area contributed by atoms with Crippen LogP contribution < -0.4 is 15.5 Å². The van der Waals surface area contributed by atoms with E-state index in [4.69, 9.17) is 17.0 Å². The standard InChI is InChI=1S/C18H22F3N3O4S/c1-28-6-5-22-16(27)11-8-12(25)15(26)13-14(11)24(17(29)23-13)10-4-2-3-9(7-10)18(19,20)21/h2-4,7,11-15,25-26H,5-6,8H2,1H3,(H,22,27)(H,23,29)/t11-,12-,13-,14-,15+/m1/s1. The Morgan fingerprint density at radius 1 is 1.41 bits per heavy atom. The zero-order valence-electron chi connectivity index (χ0n) is 15.5. The summed E-state index contributed by atoms with van der Waals surface area (Å²) in [6.45, 7) is 0.523. The topological polar surface area (TPSA) is 94.1 Å². The van der Waals surface area contributed by atoms with Gasteiger partial charge in [0, 0.05) is 19.3 Å². The molecule has 1 aromatic carbocycles. The Bertz CT molecular complexity index is 779. The van der Waals surface area contributed by atoms with E-state index >= 15 is 0 Å². The predicted molar refractivity (Wildman–Crippen MR) is 102 cm³/mol. The first-order valence-corrected chi connectivity index (χ1v) is 9.45. The summed E-state index contributed by atoms with van der Waals surface area (Å²) in [6.07, 6.45) is -6.99. The number of aliphatic hydroxyl groups is 2. The highest BCUT2D eigenvalue weighted by Gasteiger charge is 2.54. The maximum atomic E-state index is 13.2. The second-order valence-electron chi connectivity index (χ2n) is 7.07. The van der Waals surface area contributed by atoms with E-state index in [-0.39, 0.29) is 30.4 Å². The number of nitrogens with zero attached hydrogens (tertiary/aromatic N) is 1. The molecule has 1 aliphatic carbocycles. The van der Waals surface area contributed by atoms with Crippen LogP contribution in [0.15, 0.2) is 24.3 Å². The average molecular weight is 433 g/mol. The fraction of sp³-hybridized carbons (Fsp3) is 0.556. The van der Waals surface area contributed by atoms with Crippen LogP contribution in [0.1, 0.15) is 12.0 Å². The second kappa shape index (κ2) is 8.42. The molecule has 0 aromatic heterocycles. The molecule has 0 bridgehead atoms. The highest BCUT2D eigenvalue weighted by Crippen LogP contribution is 2.38. The molecule has 1 saturated carbocycles. The lowest BCUT2D eigenvalue weighted by molar-refractivity contribution is -0.137. The number of methoxy groups -OCH3 is 1. The Hall–Kier alpha value is -1.95. The van der Waals surface area contributed by atoms with Crippen LogP contribution in [-0.2, 0) is 15.7 Å². The number of nitrogens with one attached hydrogen (secondary N) is 2. The van der Waals surface area contributed by atoms with Gasteiger partial charge in [-0.05, 0) is 36.8 Å². The van der Waals surface area contributed by atoms with Crippen molar-refractivity contribution in [2.75, 3.05) is 25.2 Å². The summed E-state index contributed by atoms with van der Waals surface area (Å²) in [5.74, 6) is -1.20. The Labute approximate surface area is 170 Å². The molecule has 29 heavy (non-hydrogen) atoms. The van der Waals surface area contributed by atoms with E-state index in [1.807, 2.05) is 0 Å². The van der Waals surface area contributed by atoms with Crippen molar-refractivity contribution in [1.82, 2.24) is 10.6 Å². The third-order valence-corrected chi connectivity index (χ3v) is 5.55. The summed E-state index contributed by atoms with van der Waals surface area (Å²) < 4.78 is 44.4. The van der Waals surface area contributed by atoms with Gasteiger partial charge in [0.05, 0.1) is 36.3 Å². The largest absolute Gasteiger partial charge is 0.416 e. The van der Waals surface area contributed by atoms with Crippen molar-refractivity contribution >= 4 is 28.9 Å². The number of hydrogen-bond acceptors (Lipinski definition) is 5. The number of aliphatic hydroxyl groups excluding tert-OH is 2. The average Bonchev–Trinajstić information content (AvgIpc) is 3.01. The monoisotopic (exact) mass is 433 g/mol. The van der Waals surface area contributed by atoms with Gasteiger partial charge in [-0.1, -0.05) is 6.07 Å². The van der Waals surface area contributed by atoms with Gasteiger partial charge in [-0.25, -0.2) is 0 Å². The number of alkyl halides is 3. The van der Waals surface area contributed by atoms with Gasteiger partial charge >= 0.3 is 6.18 Å². The Kier molecular flexibility index (Phi) is 6.32. The lowest BCUT2D eigenvalue weighted by Crippen LogP contribution is -2.61. The maximum absolute atomic E-state index is 13.2. The number of fused-ring (bicyclic) bond motifs is 1. The maximum Gasteiger partial charge on any atom is 0.416 e. The molecule has 11 heteroatoms. The summed E-state index contributed by atoms with van der Waals surface area (Å²) in [4.78, 5) is 14.2. The highest BCUT2D eigenvalue weighted by molar-refractivity contribution is 7.80. The van der Waals surface area contributed by atoms with Gasteiger partial charge in [-0.2, -0.15) is 13.2 Å². The van der Waals surface area contributed by atoms with Crippen LogP contribution in [0.3, 0.4) is 0 Å². The third-order valence-electron chi connectivity index (χ3n) is 5.24. The van der Waals surface area contributed by atoms with E-state index in [0.717, 1.165) is 12.1 Å². The molecule has 2 fully saturated rings. The van der Waals surface area contributed by atoms with Gasteiger partial charge in [0.1, 0.15) is 6.10 Å². The van der Waals surface area contributed by atoms with E-state index < -0.39 is 47.9 Å². The number of benzene rings is 1. The first kappa shape index (κ1) is 21.8. The molecule has 0 radical (unpaired) electrons. The number of ether oxygens (including phenoxy) is 1. The first-order chi connectivity index (χ1) is 13.6. The molecule has 1 heterocycles. The molecular weight excluding hydrogens is 411 g/mol. The molecule has 160 valence electrons. The summed E-state index contributed by atoms with van der Waals surface area (Å²) in [6, 6.07) is 3.06. The van der Waals surface area contributed by atoms with Crippen molar-refractivity contribution in [1.29, 1.82) is 0 Å². The number of amides is 1. The molecule has 2 aliphatic rings. The van der Waals surface area contributed by atoms with E-state index in [2.05, 4.69) is 10.6 Å². The fourth-order valence-electron chi connectivity index (χ4n) is 3.88. The molecule has 7 nitrogen and oxygen atoms in total. The minimum atomic E-state index is -4.54. The Morgan fingerprint density at radius 3 is 2.79 bits per heavy atom. The van der Waals surface area contributed by atoms with Crippen LogP contribution in [0.4, 0.5) is 18.9 Å². The molecule has 4 N–H and O–H groups in total. The minimum Gasteiger partial charge on any atom is -0.390 e. The molecule has 0 spiro atoms. The quantitative estimate of drug-likeness (QED) is 0.400. The number of hydrogen-bond donors (Lipinski definition) is 4. The van der Waals surface area contributed by atoms with Crippen molar-refractivity contribution < 1.29 is 32.9 Å². The summed E-state index contributed by atoms with van der Waals surface area (Å²) in [5.41, 5.74) is -0.693. The van der Waals surface area contributed by atoms with Crippen LogP contribution in [0.2, 0.25) is 0 Å². The summed E-state index contributed by atoms with van der Waals surface area (Å²) in [7, 11) is 1.48. The van der Waals surface area contributed by atoms with Crippen molar-refractivity contribution in [3.05, 3.63) is 29.8 Å². The van der Waals surface area contributed by atoms with Crippen LogP contribution in [-0.4, -0.2) is 65.8 Å². The molecule has 3 rings (SSSR count). The molecule has 5 atom stereocenters. The highest BCUT2D eigenvalue weighted by atomic mass is 32.1. The van der Waals surface area contributed by atoms with Gasteiger partial charge in [-0.15, -0.1) is 0 Å². The van der Waals surface area contributed by atoms with E-state index in [0.29, 0.717) is 0 Å². The van der Waals surface area contributed by atoms with Crippen molar-refractivity contribution in [2.24, 2.45) is 5.92 Å². The zero-order chi connectivity index (χ0) is 21.3. The zero-order valence-corrected chi connectivity index (χ0v) is 16.3. The van der Waals surface area contributed by atoms with Gasteiger partial charge in [0.15, 0.2) is 5.11 Å². The number of carbonyl (C=O) groups excluding carboxylic acids is 1. The fourth-order valence-corrected chi connectivity index (χ4v) is 4.24. The van der Waals surface area contributed by atoms with E-state index in [1.165, 1.54) is 24.1 Å². The van der Waals surface area contributed by atoms with E-state index in [9.17, 15) is 28.2 Å².